The first-order chi connectivity index (χ1) is 15.1. The van der Waals surface area contributed by atoms with E-state index in [4.69, 9.17) is 19.2 Å². The summed E-state index contributed by atoms with van der Waals surface area (Å²) in [6, 6.07) is 7.25. The van der Waals surface area contributed by atoms with E-state index in [0.29, 0.717) is 45.5 Å². The predicted octanol–water partition coefficient (Wildman–Crippen LogP) is 2.68. The fourth-order valence-corrected chi connectivity index (χ4v) is 3.53. The number of nitrogens with one attached hydrogen (secondary N) is 2. The number of pyridine rings is 1. The third-order valence-corrected chi connectivity index (χ3v) is 5.00. The van der Waals surface area contributed by atoms with Crippen LogP contribution in [0.4, 0.5) is 0 Å². The Morgan fingerprint density at radius 2 is 1.74 bits per heavy atom. The lowest BCUT2D eigenvalue weighted by Gasteiger charge is -2.14. The van der Waals surface area contributed by atoms with Gasteiger partial charge in [0.25, 0.3) is 0 Å². The Morgan fingerprint density at radius 3 is 2.45 bits per heavy atom. The first kappa shape index (κ1) is 18.7. The average Bonchev–Trinajstić information content (AvgIpc) is 3.40. The maximum absolute atomic E-state index is 12.7. The second-order valence-electron chi connectivity index (χ2n) is 6.71. The minimum Gasteiger partial charge on any atom is -0.493 e. The van der Waals surface area contributed by atoms with Crippen LogP contribution in [0.2, 0.25) is 0 Å². The zero-order valence-corrected chi connectivity index (χ0v) is 17.0. The van der Waals surface area contributed by atoms with Gasteiger partial charge in [-0.2, -0.15) is 0 Å². The molecule has 0 aliphatic heterocycles. The molecule has 0 fully saturated rings. The summed E-state index contributed by atoms with van der Waals surface area (Å²) < 4.78 is 17.7. The summed E-state index contributed by atoms with van der Waals surface area (Å²) in [5.74, 6) is 1.46. The minimum atomic E-state index is -0.357. The quantitative estimate of drug-likeness (QED) is 0.450. The van der Waals surface area contributed by atoms with E-state index in [1.807, 2.05) is 12.1 Å². The van der Waals surface area contributed by atoms with Crippen LogP contribution in [0.3, 0.4) is 0 Å². The van der Waals surface area contributed by atoms with E-state index >= 15 is 0 Å². The summed E-state index contributed by atoms with van der Waals surface area (Å²) >= 11 is 0. The van der Waals surface area contributed by atoms with Gasteiger partial charge in [0.15, 0.2) is 22.8 Å². The second-order valence-corrected chi connectivity index (χ2v) is 6.71. The van der Waals surface area contributed by atoms with Gasteiger partial charge in [-0.3, -0.25) is 9.97 Å². The van der Waals surface area contributed by atoms with Gasteiger partial charge in [0, 0.05) is 11.8 Å². The average molecular weight is 418 g/mol. The summed E-state index contributed by atoms with van der Waals surface area (Å²) in [6.45, 7) is 0. The molecule has 2 N–H and O–H groups in total. The van der Waals surface area contributed by atoms with Crippen molar-refractivity contribution in [1.29, 1.82) is 0 Å². The highest BCUT2D eigenvalue weighted by atomic mass is 16.5. The van der Waals surface area contributed by atoms with Crippen LogP contribution in [0.5, 0.6) is 17.2 Å². The Kier molecular flexibility index (Phi) is 4.32. The predicted molar refractivity (Wildman–Crippen MR) is 114 cm³/mol. The van der Waals surface area contributed by atoms with E-state index in [9.17, 15) is 4.79 Å². The van der Waals surface area contributed by atoms with Crippen molar-refractivity contribution in [3.63, 3.8) is 0 Å². The molecule has 10 nitrogen and oxygen atoms in total. The number of nitrogens with zero attached hydrogens (tertiary/aromatic N) is 4. The molecule has 5 aromatic rings. The van der Waals surface area contributed by atoms with Gasteiger partial charge in [0.2, 0.25) is 5.75 Å². The lowest BCUT2D eigenvalue weighted by Crippen LogP contribution is -2.15. The maximum atomic E-state index is 12.7. The van der Waals surface area contributed by atoms with Crippen molar-refractivity contribution in [3.05, 3.63) is 53.3 Å². The Morgan fingerprint density at radius 1 is 0.968 bits per heavy atom. The van der Waals surface area contributed by atoms with E-state index in [-0.39, 0.29) is 5.69 Å². The van der Waals surface area contributed by atoms with E-state index in [1.54, 1.807) is 52.1 Å². The molecule has 4 heterocycles. The van der Waals surface area contributed by atoms with Crippen molar-refractivity contribution < 1.29 is 14.2 Å². The number of aromatic amines is 2. The highest BCUT2D eigenvalue weighted by molar-refractivity contribution is 5.79. The van der Waals surface area contributed by atoms with Gasteiger partial charge in [-0.15, -0.1) is 0 Å². The third-order valence-electron chi connectivity index (χ3n) is 5.00. The van der Waals surface area contributed by atoms with Gasteiger partial charge in [0.1, 0.15) is 0 Å². The number of methoxy groups -OCH3 is 3. The van der Waals surface area contributed by atoms with Gasteiger partial charge in [-0.25, -0.2) is 19.3 Å². The number of fused-ring (bicyclic) bond motifs is 2. The number of rotatable bonds is 5. The van der Waals surface area contributed by atoms with E-state index in [0.717, 1.165) is 11.0 Å². The van der Waals surface area contributed by atoms with Crippen molar-refractivity contribution in [2.75, 3.05) is 21.3 Å². The molecule has 0 unspecified atom stereocenters. The molecule has 0 amide bonds. The first-order valence-electron chi connectivity index (χ1n) is 9.34. The molecule has 0 saturated carbocycles. The molecule has 0 saturated heterocycles. The lowest BCUT2D eigenvalue weighted by molar-refractivity contribution is 0.324. The van der Waals surface area contributed by atoms with Crippen molar-refractivity contribution in [3.8, 4) is 34.2 Å². The van der Waals surface area contributed by atoms with Crippen LogP contribution in [0.25, 0.3) is 39.3 Å². The van der Waals surface area contributed by atoms with Crippen molar-refractivity contribution in [2.45, 2.75) is 0 Å². The second kappa shape index (κ2) is 7.17. The van der Waals surface area contributed by atoms with Crippen LogP contribution < -0.4 is 19.9 Å². The fourth-order valence-electron chi connectivity index (χ4n) is 3.53. The van der Waals surface area contributed by atoms with Crippen LogP contribution >= 0.6 is 0 Å². The first-order valence-corrected chi connectivity index (χ1v) is 9.34. The van der Waals surface area contributed by atoms with Crippen LogP contribution in [-0.4, -0.2) is 50.8 Å². The molecule has 10 heteroatoms. The number of imidazole rings is 1. The van der Waals surface area contributed by atoms with Gasteiger partial charge in [0.05, 0.1) is 56.1 Å². The van der Waals surface area contributed by atoms with Crippen LogP contribution in [0.1, 0.15) is 0 Å². The molecule has 0 aliphatic rings. The summed E-state index contributed by atoms with van der Waals surface area (Å²) in [4.78, 5) is 32.0. The number of ether oxygens (including phenoxy) is 3. The molecule has 0 bridgehead atoms. The fraction of sp³-hybridized carbons (Fsp3) is 0.143. The number of H-pyrrole nitrogens is 2. The molecular weight excluding hydrogens is 400 g/mol. The van der Waals surface area contributed by atoms with Crippen LogP contribution in [0.15, 0.2) is 47.7 Å². The van der Waals surface area contributed by atoms with Gasteiger partial charge < -0.3 is 19.2 Å². The molecule has 1 aromatic carbocycles. The van der Waals surface area contributed by atoms with Crippen LogP contribution in [0, 0.1) is 0 Å². The van der Waals surface area contributed by atoms with Crippen molar-refractivity contribution in [2.24, 2.45) is 0 Å². The Balaban J connectivity index is 1.71. The number of hydrogen-bond donors (Lipinski definition) is 2. The standard InChI is InChI=1S/C21H18N6O4/c1-29-16-6-11(7-17(30-2)18(16)31-3)15-10-24-19-20(25-15)27(21(28)26-19)12-8-14-13(23-9-12)4-5-22-14/h4-10,22H,1-3H3,(H,24,26,28). The molecule has 31 heavy (non-hydrogen) atoms. The summed E-state index contributed by atoms with van der Waals surface area (Å²) in [7, 11) is 4.63. The molecule has 4 aromatic heterocycles. The third kappa shape index (κ3) is 2.96. The van der Waals surface area contributed by atoms with Crippen LogP contribution in [-0.2, 0) is 0 Å². The topological polar surface area (TPSA) is 120 Å². The molecule has 0 aliphatic carbocycles. The highest BCUT2D eigenvalue weighted by Crippen LogP contribution is 2.40. The highest BCUT2D eigenvalue weighted by Gasteiger charge is 2.18. The zero-order chi connectivity index (χ0) is 21.5. The van der Waals surface area contributed by atoms with Crippen molar-refractivity contribution in [1.82, 2.24) is 29.5 Å². The minimum absolute atomic E-state index is 0.357. The molecule has 156 valence electrons. The number of aromatic nitrogens is 6. The summed E-state index contributed by atoms with van der Waals surface area (Å²) in [6.07, 6.45) is 5.00. The summed E-state index contributed by atoms with van der Waals surface area (Å²) in [5, 5.41) is 0. The molecular formula is C21H18N6O4. The number of hydrogen-bond acceptors (Lipinski definition) is 7. The number of benzene rings is 1. The van der Waals surface area contributed by atoms with Crippen molar-refractivity contribution >= 4 is 22.3 Å². The normalized spacial score (nSPS) is 11.2. The lowest BCUT2D eigenvalue weighted by atomic mass is 10.1. The molecule has 0 radical (unpaired) electrons. The monoisotopic (exact) mass is 418 g/mol. The Bertz CT molecular complexity index is 1460. The van der Waals surface area contributed by atoms with Gasteiger partial charge in [-0.05, 0) is 24.3 Å². The van der Waals surface area contributed by atoms with Gasteiger partial charge in [-0.1, -0.05) is 0 Å². The van der Waals surface area contributed by atoms with E-state index in [2.05, 4.69) is 19.9 Å². The maximum Gasteiger partial charge on any atom is 0.333 e. The molecule has 0 atom stereocenters. The molecule has 0 spiro atoms. The largest absolute Gasteiger partial charge is 0.493 e. The summed E-state index contributed by atoms with van der Waals surface area (Å²) in [5.41, 5.74) is 3.81. The smallest absolute Gasteiger partial charge is 0.333 e. The zero-order valence-electron chi connectivity index (χ0n) is 17.0. The molecule has 5 rings (SSSR count). The van der Waals surface area contributed by atoms with E-state index < -0.39 is 0 Å². The van der Waals surface area contributed by atoms with E-state index in [1.165, 1.54) is 4.57 Å². The Hall–Kier alpha value is -4.34. The SMILES string of the molecule is COc1cc(-c2cnc3[nH]c(=O)n(-c4cnc5cc[nH]c5c4)c3n2)cc(OC)c1OC. The Labute approximate surface area is 175 Å². The van der Waals surface area contributed by atoms with Gasteiger partial charge >= 0.3 is 5.69 Å².